The summed E-state index contributed by atoms with van der Waals surface area (Å²) < 4.78 is 7.62. The summed E-state index contributed by atoms with van der Waals surface area (Å²) in [6.45, 7) is 3.00. The highest BCUT2D eigenvalue weighted by atomic mass is 16.5. The molecule has 1 fully saturated rings. The molecule has 0 atom stereocenters. The van der Waals surface area contributed by atoms with Crippen molar-refractivity contribution in [1.29, 1.82) is 0 Å². The lowest BCUT2D eigenvalue weighted by molar-refractivity contribution is -0.132. The molecule has 0 unspecified atom stereocenters. The monoisotopic (exact) mass is 440 g/mol. The fourth-order valence-electron chi connectivity index (χ4n) is 4.67. The summed E-state index contributed by atoms with van der Waals surface area (Å²) in [4.78, 5) is 29.8. The standard InChI is InChI=1S/C24H32N4O4/c29-19-24-8-3-4-12-26(22(30)18-28-13-5-11-25-28)16-17-32-21-7-2-1-6-20(21)23(31)27(14-9-24)15-10-24/h1-2,5-7,11,13,29H,3-4,8-10,12,14-19H2. The van der Waals surface area contributed by atoms with Gasteiger partial charge in [-0.3, -0.25) is 14.3 Å². The third-order valence-corrected chi connectivity index (χ3v) is 6.78. The zero-order valence-corrected chi connectivity index (χ0v) is 18.5. The number of hydrogen-bond donors (Lipinski definition) is 1. The van der Waals surface area contributed by atoms with E-state index in [1.165, 1.54) is 0 Å². The van der Waals surface area contributed by atoms with Crippen molar-refractivity contribution >= 4 is 11.8 Å². The van der Waals surface area contributed by atoms with Crippen molar-refractivity contribution < 1.29 is 19.4 Å². The van der Waals surface area contributed by atoms with Crippen molar-refractivity contribution in [1.82, 2.24) is 19.6 Å². The third-order valence-electron chi connectivity index (χ3n) is 6.78. The Kier molecular flexibility index (Phi) is 7.09. The Morgan fingerprint density at radius 3 is 2.62 bits per heavy atom. The molecule has 0 saturated carbocycles. The first-order valence-electron chi connectivity index (χ1n) is 11.5. The molecule has 0 aliphatic carbocycles. The van der Waals surface area contributed by atoms with Crippen LogP contribution in [0.5, 0.6) is 5.75 Å². The van der Waals surface area contributed by atoms with Gasteiger partial charge >= 0.3 is 0 Å². The Morgan fingerprint density at radius 2 is 1.88 bits per heavy atom. The number of aromatic nitrogens is 2. The molecule has 2 amide bonds. The van der Waals surface area contributed by atoms with Crippen LogP contribution in [0, 0.1) is 5.41 Å². The number of carbonyl (C=O) groups is 2. The lowest BCUT2D eigenvalue weighted by Crippen LogP contribution is -2.44. The molecule has 2 bridgehead atoms. The molecule has 1 aromatic heterocycles. The second-order valence-electron chi connectivity index (χ2n) is 8.84. The van der Waals surface area contributed by atoms with Crippen LogP contribution in [0.3, 0.4) is 0 Å². The molecule has 1 saturated heterocycles. The lowest BCUT2D eigenvalue weighted by atomic mass is 9.75. The summed E-state index contributed by atoms with van der Waals surface area (Å²) in [7, 11) is 0. The smallest absolute Gasteiger partial charge is 0.257 e. The van der Waals surface area contributed by atoms with Crippen LogP contribution in [0.15, 0.2) is 42.7 Å². The predicted molar refractivity (Wildman–Crippen MR) is 119 cm³/mol. The van der Waals surface area contributed by atoms with Crippen molar-refractivity contribution in [2.24, 2.45) is 5.41 Å². The fourth-order valence-corrected chi connectivity index (χ4v) is 4.67. The maximum absolute atomic E-state index is 13.2. The maximum Gasteiger partial charge on any atom is 0.257 e. The van der Waals surface area contributed by atoms with E-state index in [2.05, 4.69) is 5.10 Å². The van der Waals surface area contributed by atoms with E-state index in [1.807, 2.05) is 28.0 Å². The molecule has 2 aromatic rings. The number of ether oxygens (including phenoxy) is 1. The first-order chi connectivity index (χ1) is 15.6. The predicted octanol–water partition coefficient (Wildman–Crippen LogP) is 2.19. The van der Waals surface area contributed by atoms with E-state index in [0.717, 1.165) is 32.1 Å². The molecule has 3 aliphatic heterocycles. The molecule has 172 valence electrons. The van der Waals surface area contributed by atoms with Crippen molar-refractivity contribution in [3.63, 3.8) is 0 Å². The van der Waals surface area contributed by atoms with Crippen LogP contribution < -0.4 is 4.74 Å². The van der Waals surface area contributed by atoms with Crippen LogP contribution in [0.25, 0.3) is 0 Å². The van der Waals surface area contributed by atoms with Crippen LogP contribution in [0.4, 0.5) is 0 Å². The van der Waals surface area contributed by atoms with Crippen molar-refractivity contribution in [2.45, 2.75) is 38.6 Å². The number of aliphatic hydroxyl groups excluding tert-OH is 1. The molecule has 1 aromatic carbocycles. The fraction of sp³-hybridized carbons (Fsp3) is 0.542. The molecular weight excluding hydrogens is 408 g/mol. The average Bonchev–Trinajstić information content (AvgIpc) is 3.33. The normalized spacial score (nSPS) is 19.6. The molecule has 0 spiro atoms. The van der Waals surface area contributed by atoms with Crippen molar-refractivity contribution in [3.8, 4) is 5.75 Å². The Labute approximate surface area is 188 Å². The van der Waals surface area contributed by atoms with Gasteiger partial charge in [0.25, 0.3) is 5.91 Å². The number of rotatable bonds is 3. The zero-order valence-electron chi connectivity index (χ0n) is 18.5. The van der Waals surface area contributed by atoms with Gasteiger partial charge in [-0.15, -0.1) is 0 Å². The number of hydrogen-bond acceptors (Lipinski definition) is 5. The third kappa shape index (κ3) is 5.12. The van der Waals surface area contributed by atoms with Gasteiger partial charge in [0.05, 0.1) is 12.1 Å². The number of nitrogens with zero attached hydrogens (tertiary/aromatic N) is 4. The Morgan fingerprint density at radius 1 is 1.06 bits per heavy atom. The van der Waals surface area contributed by atoms with Gasteiger partial charge in [-0.2, -0.15) is 5.10 Å². The minimum atomic E-state index is -0.142. The Hall–Kier alpha value is -2.87. The molecule has 0 radical (unpaired) electrons. The quantitative estimate of drug-likeness (QED) is 0.791. The molecule has 8 heteroatoms. The van der Waals surface area contributed by atoms with Crippen molar-refractivity contribution in [2.75, 3.05) is 39.4 Å². The van der Waals surface area contributed by atoms with E-state index in [0.29, 0.717) is 44.1 Å². The largest absolute Gasteiger partial charge is 0.491 e. The summed E-state index contributed by atoms with van der Waals surface area (Å²) in [5.74, 6) is 0.509. The van der Waals surface area contributed by atoms with E-state index in [9.17, 15) is 14.7 Å². The average molecular weight is 441 g/mol. The van der Waals surface area contributed by atoms with Crippen LogP contribution in [-0.4, -0.2) is 75.9 Å². The SMILES string of the molecule is O=C(Cn1cccn1)N1CCCCC2(CO)CCN(CC2)C(=O)c2ccccc2OCC1. The number of amides is 2. The number of piperidine rings is 1. The van der Waals surface area contributed by atoms with Gasteiger partial charge in [0.1, 0.15) is 18.9 Å². The van der Waals surface area contributed by atoms with E-state index in [1.54, 1.807) is 29.2 Å². The van der Waals surface area contributed by atoms with Crippen LogP contribution in [0.1, 0.15) is 42.5 Å². The van der Waals surface area contributed by atoms with Gasteiger partial charge in [0.2, 0.25) is 5.91 Å². The van der Waals surface area contributed by atoms with Crippen molar-refractivity contribution in [3.05, 3.63) is 48.3 Å². The summed E-state index contributed by atoms with van der Waals surface area (Å²) >= 11 is 0. The summed E-state index contributed by atoms with van der Waals surface area (Å²) in [5, 5.41) is 14.3. The molecule has 32 heavy (non-hydrogen) atoms. The van der Waals surface area contributed by atoms with Gasteiger partial charge in [0.15, 0.2) is 0 Å². The molecule has 1 N–H and O–H groups in total. The Bertz CT molecular complexity index is 906. The first-order valence-corrected chi connectivity index (χ1v) is 11.5. The van der Waals surface area contributed by atoms with Gasteiger partial charge in [0, 0.05) is 38.6 Å². The zero-order chi connectivity index (χ0) is 22.4. The summed E-state index contributed by atoms with van der Waals surface area (Å²) in [6, 6.07) is 9.10. The van der Waals surface area contributed by atoms with Crippen LogP contribution in [-0.2, 0) is 11.3 Å². The van der Waals surface area contributed by atoms with E-state index < -0.39 is 0 Å². The topological polar surface area (TPSA) is 87.9 Å². The van der Waals surface area contributed by atoms with E-state index in [4.69, 9.17) is 4.74 Å². The molecule has 8 nitrogen and oxygen atoms in total. The highest BCUT2D eigenvalue weighted by Gasteiger charge is 2.36. The highest BCUT2D eigenvalue weighted by Crippen LogP contribution is 2.37. The van der Waals surface area contributed by atoms with Gasteiger partial charge in [-0.1, -0.05) is 18.6 Å². The van der Waals surface area contributed by atoms with Crippen LogP contribution >= 0.6 is 0 Å². The Balaban J connectivity index is 1.53. The maximum atomic E-state index is 13.2. The van der Waals surface area contributed by atoms with Gasteiger partial charge < -0.3 is 19.6 Å². The summed E-state index contributed by atoms with van der Waals surface area (Å²) in [6.07, 6.45) is 7.73. The second-order valence-corrected chi connectivity index (χ2v) is 8.84. The number of benzene rings is 1. The van der Waals surface area contributed by atoms with Crippen LogP contribution in [0.2, 0.25) is 0 Å². The number of carbonyl (C=O) groups excluding carboxylic acids is 2. The van der Waals surface area contributed by atoms with E-state index in [-0.39, 0.29) is 30.4 Å². The van der Waals surface area contributed by atoms with Gasteiger partial charge in [-0.25, -0.2) is 0 Å². The first kappa shape index (κ1) is 22.3. The summed E-state index contributed by atoms with van der Waals surface area (Å²) in [5.41, 5.74) is 0.407. The van der Waals surface area contributed by atoms with E-state index >= 15 is 0 Å². The second kappa shape index (κ2) is 10.2. The minimum absolute atomic E-state index is 0.00473. The molecular formula is C24H32N4O4. The van der Waals surface area contributed by atoms with Gasteiger partial charge in [-0.05, 0) is 49.3 Å². The molecule has 5 rings (SSSR count). The number of para-hydroxylation sites is 1. The number of aliphatic hydroxyl groups is 1. The number of fused-ring (bicyclic) bond motifs is 9. The minimum Gasteiger partial charge on any atom is -0.491 e. The lowest BCUT2D eigenvalue weighted by Gasteiger charge is -2.41. The molecule has 4 heterocycles. The highest BCUT2D eigenvalue weighted by molar-refractivity contribution is 5.97. The molecule has 3 aliphatic rings.